The molecule has 1 unspecified atom stereocenters. The zero-order valence-corrected chi connectivity index (χ0v) is 14.9. The van der Waals surface area contributed by atoms with Crippen molar-refractivity contribution in [3.05, 3.63) is 17.0 Å². The maximum atomic E-state index is 5.53. The Bertz CT molecular complexity index is 437. The largest absolute Gasteiger partial charge is 0.379 e. The van der Waals surface area contributed by atoms with Crippen molar-refractivity contribution < 1.29 is 4.74 Å². The summed E-state index contributed by atoms with van der Waals surface area (Å²) in [5.74, 6) is 0. The number of methoxy groups -OCH3 is 1. The van der Waals surface area contributed by atoms with E-state index in [9.17, 15) is 0 Å². The normalized spacial score (nSPS) is 13.7. The van der Waals surface area contributed by atoms with Crippen LogP contribution >= 0.6 is 0 Å². The second-order valence-corrected chi connectivity index (χ2v) is 6.23. The zero-order chi connectivity index (χ0) is 16.0. The number of hydrogen-bond acceptors (Lipinski definition) is 3. The van der Waals surface area contributed by atoms with Gasteiger partial charge in [0, 0.05) is 31.0 Å². The van der Waals surface area contributed by atoms with Crippen LogP contribution < -0.4 is 5.32 Å². The number of rotatable bonds is 9. The van der Waals surface area contributed by atoms with Crippen LogP contribution in [-0.2, 0) is 24.1 Å². The quantitative estimate of drug-likeness (QED) is 0.758. The molecule has 122 valence electrons. The summed E-state index contributed by atoms with van der Waals surface area (Å²) in [5, 5.41) is 8.39. The third kappa shape index (κ3) is 4.55. The van der Waals surface area contributed by atoms with E-state index in [2.05, 4.69) is 51.5 Å². The van der Waals surface area contributed by atoms with E-state index in [1.54, 1.807) is 7.11 Å². The molecule has 0 bridgehead atoms. The molecule has 1 atom stereocenters. The molecule has 0 spiro atoms. The third-order valence-corrected chi connectivity index (χ3v) is 4.27. The van der Waals surface area contributed by atoms with E-state index in [0.29, 0.717) is 6.04 Å². The Morgan fingerprint density at radius 1 is 1.24 bits per heavy atom. The highest BCUT2D eigenvalue weighted by atomic mass is 16.5. The molecule has 0 aliphatic heterocycles. The van der Waals surface area contributed by atoms with Gasteiger partial charge < -0.3 is 10.1 Å². The van der Waals surface area contributed by atoms with Crippen molar-refractivity contribution in [2.24, 2.45) is 0 Å². The first-order valence-electron chi connectivity index (χ1n) is 8.27. The predicted octanol–water partition coefficient (Wildman–Crippen LogP) is 3.49. The zero-order valence-electron chi connectivity index (χ0n) is 14.9. The molecule has 0 aromatic carbocycles. The summed E-state index contributed by atoms with van der Waals surface area (Å²) in [7, 11) is 1.78. The van der Waals surface area contributed by atoms with E-state index in [1.165, 1.54) is 17.0 Å². The van der Waals surface area contributed by atoms with Crippen LogP contribution in [0.3, 0.4) is 0 Å². The van der Waals surface area contributed by atoms with Crippen LogP contribution in [0.4, 0.5) is 0 Å². The number of nitrogens with zero attached hydrogens (tertiary/aromatic N) is 2. The maximum absolute atomic E-state index is 5.53. The minimum absolute atomic E-state index is 0.100. The first-order chi connectivity index (χ1) is 9.90. The average molecular weight is 295 g/mol. The van der Waals surface area contributed by atoms with Gasteiger partial charge in [0.15, 0.2) is 0 Å². The average Bonchev–Trinajstić information content (AvgIpc) is 2.83. The van der Waals surface area contributed by atoms with Crippen LogP contribution in [0, 0.1) is 0 Å². The van der Waals surface area contributed by atoms with Gasteiger partial charge in [-0.05, 0) is 46.6 Å². The lowest BCUT2D eigenvalue weighted by molar-refractivity contribution is 0.0111. The van der Waals surface area contributed by atoms with Gasteiger partial charge in [0.05, 0.1) is 11.3 Å². The lowest BCUT2D eigenvalue weighted by Crippen LogP contribution is -2.25. The van der Waals surface area contributed by atoms with Gasteiger partial charge in [0.1, 0.15) is 0 Å². The molecule has 21 heavy (non-hydrogen) atoms. The highest BCUT2D eigenvalue weighted by Gasteiger charge is 2.22. The van der Waals surface area contributed by atoms with E-state index in [4.69, 9.17) is 9.84 Å². The molecule has 1 N–H and O–H groups in total. The first-order valence-corrected chi connectivity index (χ1v) is 8.27. The van der Waals surface area contributed by atoms with Crippen LogP contribution in [0.25, 0.3) is 0 Å². The summed E-state index contributed by atoms with van der Waals surface area (Å²) in [5.41, 5.74) is 3.90. The molecule has 0 aliphatic rings. The van der Waals surface area contributed by atoms with Crippen LogP contribution in [0.15, 0.2) is 0 Å². The molecule has 4 heteroatoms. The molecule has 0 radical (unpaired) electrons. The molecule has 1 heterocycles. The molecular formula is C17H33N3O. The predicted molar refractivity (Wildman–Crippen MR) is 88.8 cm³/mol. The first kappa shape index (κ1) is 18.2. The lowest BCUT2D eigenvalue weighted by Gasteiger charge is -2.23. The smallest absolute Gasteiger partial charge is 0.0672 e. The molecule has 1 aromatic rings. The summed E-state index contributed by atoms with van der Waals surface area (Å²) in [6, 6.07) is 0.365. The molecule has 4 nitrogen and oxygen atoms in total. The fourth-order valence-corrected chi connectivity index (χ4v) is 2.77. The molecule has 0 fully saturated rings. The number of aromatic nitrogens is 2. The van der Waals surface area contributed by atoms with Gasteiger partial charge in [0.25, 0.3) is 0 Å². The van der Waals surface area contributed by atoms with Crippen LogP contribution in [0.2, 0.25) is 0 Å². The topological polar surface area (TPSA) is 39.1 Å². The van der Waals surface area contributed by atoms with Gasteiger partial charge in [-0.3, -0.25) is 4.68 Å². The molecular weight excluding hydrogens is 262 g/mol. The van der Waals surface area contributed by atoms with Crippen LogP contribution in [-0.4, -0.2) is 29.0 Å². The number of ether oxygens (including phenoxy) is 1. The van der Waals surface area contributed by atoms with Crippen molar-refractivity contribution in [1.29, 1.82) is 0 Å². The molecule has 0 amide bonds. The molecule has 1 aromatic heterocycles. The minimum atomic E-state index is -0.100. The monoisotopic (exact) mass is 295 g/mol. The maximum Gasteiger partial charge on any atom is 0.0672 e. The van der Waals surface area contributed by atoms with Gasteiger partial charge in [-0.15, -0.1) is 0 Å². The van der Waals surface area contributed by atoms with Gasteiger partial charge >= 0.3 is 0 Å². The highest BCUT2D eigenvalue weighted by Crippen LogP contribution is 2.25. The van der Waals surface area contributed by atoms with Gasteiger partial charge in [-0.1, -0.05) is 20.8 Å². The number of hydrogen-bond donors (Lipinski definition) is 1. The summed E-state index contributed by atoms with van der Waals surface area (Å²) >= 11 is 0. The Labute approximate surface area is 130 Å². The van der Waals surface area contributed by atoms with Crippen molar-refractivity contribution in [2.45, 2.75) is 79.0 Å². The van der Waals surface area contributed by atoms with Crippen LogP contribution in [0.5, 0.6) is 0 Å². The minimum Gasteiger partial charge on any atom is -0.379 e. The van der Waals surface area contributed by atoms with E-state index in [1.807, 2.05) is 0 Å². The fraction of sp³-hybridized carbons (Fsp3) is 0.824. The second-order valence-electron chi connectivity index (χ2n) is 6.23. The summed E-state index contributed by atoms with van der Waals surface area (Å²) < 4.78 is 7.73. The lowest BCUT2D eigenvalue weighted by atomic mass is 10.0. The highest BCUT2D eigenvalue weighted by molar-refractivity contribution is 5.30. The molecule has 0 saturated carbocycles. The number of aryl methyl sites for hydroxylation is 2. The fourth-order valence-electron chi connectivity index (χ4n) is 2.77. The SMILES string of the molecule is CCNC(C)c1c(CC)nn(CCC(C)(C)OC)c1CC. The van der Waals surface area contributed by atoms with Crippen molar-refractivity contribution in [2.75, 3.05) is 13.7 Å². The Morgan fingerprint density at radius 2 is 1.90 bits per heavy atom. The standard InChI is InChI=1S/C17H33N3O/c1-8-14-16(13(4)18-10-3)15(9-2)20(19-14)12-11-17(5,6)21-7/h13,18H,8-12H2,1-7H3. The van der Waals surface area contributed by atoms with Crippen molar-refractivity contribution >= 4 is 0 Å². The van der Waals surface area contributed by atoms with Crippen molar-refractivity contribution in [3.63, 3.8) is 0 Å². The van der Waals surface area contributed by atoms with Gasteiger partial charge in [-0.25, -0.2) is 0 Å². The van der Waals surface area contributed by atoms with Crippen molar-refractivity contribution in [1.82, 2.24) is 15.1 Å². The Balaban J connectivity index is 3.05. The molecule has 0 aliphatic carbocycles. The Kier molecular flexibility index (Phi) is 6.88. The molecule has 1 rings (SSSR count). The molecule has 0 saturated heterocycles. The van der Waals surface area contributed by atoms with Crippen molar-refractivity contribution in [3.8, 4) is 0 Å². The number of nitrogens with one attached hydrogen (secondary N) is 1. The summed E-state index contributed by atoms with van der Waals surface area (Å²) in [4.78, 5) is 0. The van der Waals surface area contributed by atoms with Gasteiger partial charge in [0.2, 0.25) is 0 Å². The van der Waals surface area contributed by atoms with E-state index >= 15 is 0 Å². The van der Waals surface area contributed by atoms with Gasteiger partial charge in [-0.2, -0.15) is 5.10 Å². The van der Waals surface area contributed by atoms with E-state index in [0.717, 1.165) is 32.4 Å². The van der Waals surface area contributed by atoms with E-state index < -0.39 is 0 Å². The Hall–Kier alpha value is -0.870. The summed E-state index contributed by atoms with van der Waals surface area (Å²) in [6.45, 7) is 15.0. The van der Waals surface area contributed by atoms with E-state index in [-0.39, 0.29) is 5.60 Å². The van der Waals surface area contributed by atoms with Crippen LogP contribution in [0.1, 0.15) is 71.0 Å². The third-order valence-electron chi connectivity index (χ3n) is 4.27. The summed E-state index contributed by atoms with van der Waals surface area (Å²) in [6.07, 6.45) is 2.97. The Morgan fingerprint density at radius 3 is 2.38 bits per heavy atom. The second kappa shape index (κ2) is 7.95.